The minimum Gasteiger partial charge on any atom is -0.478 e. The van der Waals surface area contributed by atoms with Crippen molar-refractivity contribution in [2.24, 2.45) is 0 Å². The summed E-state index contributed by atoms with van der Waals surface area (Å²) in [5.41, 5.74) is 4.68. The standard InChI is InChI=1S/C24H23N5OS.C12H9NO2/c1-2-19-15-20-22(26-16-27-23(20)31-19)28-11-13-29(14-12-28)24(30)18-8-6-17(7-9-18)21-5-3-4-10-25-21;14-12(15)10-6-4-9(5-7-10)11-3-1-2-8-13-11/h3-10,15-16H,2,11-14H2,1H3;1-8H,(H,14,15). The number of aryl methyl sites for hydroxylation is 1. The number of carboxylic acid groups (broad SMARTS) is 1. The Morgan fingerprint density at radius 2 is 1.33 bits per heavy atom. The number of amides is 1. The maximum atomic E-state index is 13.0. The molecule has 0 aliphatic carbocycles. The molecule has 1 aliphatic rings. The third-order valence-corrected chi connectivity index (χ3v) is 8.95. The van der Waals surface area contributed by atoms with Crippen LogP contribution in [0.15, 0.2) is 110 Å². The van der Waals surface area contributed by atoms with Crippen molar-refractivity contribution in [3.63, 3.8) is 0 Å². The van der Waals surface area contributed by atoms with E-state index in [1.54, 1.807) is 54.3 Å². The number of carbonyl (C=O) groups excluding carboxylic acids is 1. The number of fused-ring (bicyclic) bond motifs is 1. The van der Waals surface area contributed by atoms with Gasteiger partial charge >= 0.3 is 5.97 Å². The molecule has 0 saturated carbocycles. The van der Waals surface area contributed by atoms with Gasteiger partial charge in [0.2, 0.25) is 0 Å². The Morgan fingerprint density at radius 3 is 1.85 bits per heavy atom. The molecular formula is C36H32N6O3S. The third kappa shape index (κ3) is 6.92. The first kappa shape index (κ1) is 30.5. The van der Waals surface area contributed by atoms with Crippen molar-refractivity contribution in [2.45, 2.75) is 13.3 Å². The smallest absolute Gasteiger partial charge is 0.335 e. The number of benzene rings is 2. The van der Waals surface area contributed by atoms with Gasteiger partial charge in [-0.2, -0.15) is 0 Å². The van der Waals surface area contributed by atoms with Gasteiger partial charge in [-0.3, -0.25) is 14.8 Å². The van der Waals surface area contributed by atoms with E-state index in [2.05, 4.69) is 37.8 Å². The summed E-state index contributed by atoms with van der Waals surface area (Å²) in [4.78, 5) is 47.7. The summed E-state index contributed by atoms with van der Waals surface area (Å²) in [6.45, 7) is 5.04. The molecule has 0 radical (unpaired) electrons. The number of aromatic nitrogens is 4. The van der Waals surface area contributed by atoms with Crippen LogP contribution in [0.2, 0.25) is 0 Å². The van der Waals surface area contributed by atoms with Crippen LogP contribution in [0.25, 0.3) is 32.7 Å². The van der Waals surface area contributed by atoms with Crippen LogP contribution in [-0.4, -0.2) is 68.0 Å². The van der Waals surface area contributed by atoms with Gasteiger partial charge in [0.05, 0.1) is 22.3 Å². The highest BCUT2D eigenvalue weighted by Gasteiger charge is 2.24. The number of carboxylic acids is 1. The Balaban J connectivity index is 0.000000208. The van der Waals surface area contributed by atoms with E-state index in [0.29, 0.717) is 18.7 Å². The number of thiophene rings is 1. The van der Waals surface area contributed by atoms with Gasteiger partial charge in [-0.15, -0.1) is 11.3 Å². The minimum absolute atomic E-state index is 0.0730. The van der Waals surface area contributed by atoms with Crippen molar-refractivity contribution in [1.82, 2.24) is 24.8 Å². The number of rotatable bonds is 6. The summed E-state index contributed by atoms with van der Waals surface area (Å²) < 4.78 is 0. The van der Waals surface area contributed by atoms with Gasteiger partial charge in [0.25, 0.3) is 5.91 Å². The molecule has 46 heavy (non-hydrogen) atoms. The maximum absolute atomic E-state index is 13.0. The lowest BCUT2D eigenvalue weighted by Crippen LogP contribution is -2.49. The third-order valence-electron chi connectivity index (χ3n) is 7.76. The van der Waals surface area contributed by atoms with Crippen LogP contribution in [0.3, 0.4) is 0 Å². The van der Waals surface area contributed by atoms with Crippen LogP contribution in [0, 0.1) is 0 Å². The number of pyridine rings is 2. The first-order valence-electron chi connectivity index (χ1n) is 15.0. The summed E-state index contributed by atoms with van der Waals surface area (Å²) in [5.74, 6) is 0.138. The van der Waals surface area contributed by atoms with E-state index < -0.39 is 5.97 Å². The van der Waals surface area contributed by atoms with Gasteiger partial charge in [-0.1, -0.05) is 43.3 Å². The summed E-state index contributed by atoms with van der Waals surface area (Å²) in [6, 6.07) is 28.0. The number of aromatic carboxylic acids is 1. The average Bonchev–Trinajstić information content (AvgIpc) is 3.57. The van der Waals surface area contributed by atoms with Gasteiger partial charge in [0.1, 0.15) is 17.0 Å². The average molecular weight is 629 g/mol. The van der Waals surface area contributed by atoms with Crippen molar-refractivity contribution in [1.29, 1.82) is 0 Å². The maximum Gasteiger partial charge on any atom is 0.335 e. The van der Waals surface area contributed by atoms with Gasteiger partial charge in [0.15, 0.2) is 0 Å². The molecule has 0 bridgehead atoms. The van der Waals surface area contributed by atoms with E-state index in [9.17, 15) is 9.59 Å². The fourth-order valence-corrected chi connectivity index (χ4v) is 6.19. The Kier molecular flexibility index (Phi) is 9.35. The number of hydrogen-bond acceptors (Lipinski definition) is 8. The molecule has 230 valence electrons. The molecule has 2 aromatic carbocycles. The number of hydrogen-bond donors (Lipinski definition) is 1. The molecule has 6 aromatic rings. The highest BCUT2D eigenvalue weighted by Crippen LogP contribution is 2.31. The quantitative estimate of drug-likeness (QED) is 0.216. The largest absolute Gasteiger partial charge is 0.478 e. The lowest BCUT2D eigenvalue weighted by Gasteiger charge is -2.35. The molecule has 0 spiro atoms. The number of nitrogens with zero attached hydrogens (tertiary/aromatic N) is 6. The first-order chi connectivity index (χ1) is 22.5. The Bertz CT molecular complexity index is 1920. The van der Waals surface area contributed by atoms with E-state index in [0.717, 1.165) is 58.1 Å². The van der Waals surface area contributed by atoms with Crippen molar-refractivity contribution >= 4 is 39.2 Å². The monoisotopic (exact) mass is 628 g/mol. The molecule has 7 rings (SSSR count). The molecule has 10 heteroatoms. The van der Waals surface area contributed by atoms with E-state index in [4.69, 9.17) is 5.11 Å². The van der Waals surface area contributed by atoms with Gasteiger partial charge in [-0.25, -0.2) is 14.8 Å². The zero-order valence-corrected chi connectivity index (χ0v) is 26.1. The fraction of sp³-hybridized carbons (Fsp3) is 0.167. The molecule has 0 atom stereocenters. The zero-order valence-electron chi connectivity index (χ0n) is 25.3. The molecule has 9 nitrogen and oxygen atoms in total. The molecule has 1 fully saturated rings. The normalized spacial score (nSPS) is 12.8. The van der Waals surface area contributed by atoms with Crippen LogP contribution >= 0.6 is 11.3 Å². The predicted molar refractivity (Wildman–Crippen MR) is 181 cm³/mol. The van der Waals surface area contributed by atoms with Gasteiger partial charge in [0, 0.05) is 60.1 Å². The molecule has 5 heterocycles. The van der Waals surface area contributed by atoms with Crippen molar-refractivity contribution in [3.05, 3.63) is 126 Å². The highest BCUT2D eigenvalue weighted by atomic mass is 32.1. The Morgan fingerprint density at radius 1 is 0.739 bits per heavy atom. The fourth-order valence-electron chi connectivity index (χ4n) is 5.26. The molecule has 1 N–H and O–H groups in total. The lowest BCUT2D eigenvalue weighted by molar-refractivity contribution is 0.0695. The first-order valence-corrected chi connectivity index (χ1v) is 15.9. The van der Waals surface area contributed by atoms with E-state index in [1.165, 1.54) is 4.88 Å². The second kappa shape index (κ2) is 14.1. The van der Waals surface area contributed by atoms with Crippen LogP contribution in [0.4, 0.5) is 5.82 Å². The van der Waals surface area contributed by atoms with E-state index in [-0.39, 0.29) is 11.5 Å². The molecular weight excluding hydrogens is 597 g/mol. The van der Waals surface area contributed by atoms with Crippen LogP contribution in [0.1, 0.15) is 32.5 Å². The molecule has 4 aromatic heterocycles. The van der Waals surface area contributed by atoms with Crippen molar-refractivity contribution in [3.8, 4) is 22.5 Å². The number of piperazine rings is 1. The molecule has 1 amide bonds. The SMILES string of the molecule is CCc1cc2c(N3CCN(C(=O)c4ccc(-c5ccccn5)cc4)CC3)ncnc2s1.O=C(O)c1ccc(-c2ccccn2)cc1. The van der Waals surface area contributed by atoms with Crippen LogP contribution < -0.4 is 4.90 Å². The summed E-state index contributed by atoms with van der Waals surface area (Å²) in [6.07, 6.45) is 6.13. The summed E-state index contributed by atoms with van der Waals surface area (Å²) in [5, 5.41) is 9.85. The van der Waals surface area contributed by atoms with Crippen molar-refractivity contribution in [2.75, 3.05) is 31.1 Å². The second-order valence-electron chi connectivity index (χ2n) is 10.7. The van der Waals surface area contributed by atoms with Crippen LogP contribution in [0.5, 0.6) is 0 Å². The lowest BCUT2D eigenvalue weighted by atomic mass is 10.1. The molecule has 1 aliphatic heterocycles. The summed E-state index contributed by atoms with van der Waals surface area (Å²) >= 11 is 1.73. The predicted octanol–water partition coefficient (Wildman–Crippen LogP) is 6.72. The van der Waals surface area contributed by atoms with E-state index >= 15 is 0 Å². The second-order valence-corrected chi connectivity index (χ2v) is 11.8. The van der Waals surface area contributed by atoms with Crippen molar-refractivity contribution < 1.29 is 14.7 Å². The highest BCUT2D eigenvalue weighted by molar-refractivity contribution is 7.18. The Hall–Kier alpha value is -5.48. The number of carbonyl (C=O) groups is 2. The van der Waals surface area contributed by atoms with Crippen LogP contribution in [-0.2, 0) is 6.42 Å². The Labute approximate surface area is 270 Å². The van der Waals surface area contributed by atoms with Gasteiger partial charge in [-0.05, 0) is 61.0 Å². The number of anilines is 1. The topological polar surface area (TPSA) is 112 Å². The molecule has 1 saturated heterocycles. The molecule has 0 unspecified atom stereocenters. The summed E-state index contributed by atoms with van der Waals surface area (Å²) in [7, 11) is 0. The van der Waals surface area contributed by atoms with Gasteiger partial charge < -0.3 is 14.9 Å². The zero-order chi connectivity index (χ0) is 31.9. The van der Waals surface area contributed by atoms with E-state index in [1.807, 2.05) is 65.6 Å². The minimum atomic E-state index is -0.914.